The fraction of sp³-hybridized carbons (Fsp3) is 0.533. The van der Waals surface area contributed by atoms with Crippen LogP contribution in [0.15, 0.2) is 24.3 Å². The number of benzene rings is 1. The number of nitrogens with two attached hydrogens (primary N) is 1. The highest BCUT2D eigenvalue weighted by atomic mass is 16.1. The highest BCUT2D eigenvalue weighted by Crippen LogP contribution is 2.36. The largest absolute Gasteiger partial charge is 0.382 e. The molecule has 18 heavy (non-hydrogen) atoms. The number of amides is 1. The summed E-state index contributed by atoms with van der Waals surface area (Å²) in [5.74, 6) is -0.373. The van der Waals surface area contributed by atoms with Crippen LogP contribution in [0.2, 0.25) is 0 Å². The van der Waals surface area contributed by atoms with E-state index in [0.29, 0.717) is 17.0 Å². The summed E-state index contributed by atoms with van der Waals surface area (Å²) in [6.07, 6.45) is 4.94. The Hall–Kier alpha value is -1.51. The molecular weight excluding hydrogens is 224 g/mol. The standard InChI is InChI=1S/C15H22N2O/c1-15(2)8-4-7-13(10-15)17-12-6-3-5-11(9-12)14(16)18/h3,5-6,9,13,17H,4,7-8,10H2,1-2H3,(H2,16,18). The average molecular weight is 246 g/mol. The quantitative estimate of drug-likeness (QED) is 0.860. The minimum Gasteiger partial charge on any atom is -0.382 e. The van der Waals surface area contributed by atoms with Crippen molar-refractivity contribution in [3.05, 3.63) is 29.8 Å². The summed E-state index contributed by atoms with van der Waals surface area (Å²) in [6.45, 7) is 4.64. The second-order valence-electron chi connectivity index (χ2n) is 6.05. The maximum Gasteiger partial charge on any atom is 0.248 e. The van der Waals surface area contributed by atoms with Crippen molar-refractivity contribution in [1.82, 2.24) is 0 Å². The van der Waals surface area contributed by atoms with Crippen molar-refractivity contribution in [1.29, 1.82) is 0 Å². The molecule has 1 aromatic carbocycles. The van der Waals surface area contributed by atoms with Gasteiger partial charge in [0.25, 0.3) is 0 Å². The number of hydrogen-bond donors (Lipinski definition) is 2. The van der Waals surface area contributed by atoms with Gasteiger partial charge in [0.2, 0.25) is 5.91 Å². The van der Waals surface area contributed by atoms with Crippen LogP contribution in [0.25, 0.3) is 0 Å². The molecule has 0 aliphatic heterocycles. The summed E-state index contributed by atoms with van der Waals surface area (Å²) >= 11 is 0. The smallest absolute Gasteiger partial charge is 0.248 e. The zero-order valence-electron chi connectivity index (χ0n) is 11.2. The Kier molecular flexibility index (Phi) is 3.60. The van der Waals surface area contributed by atoms with Gasteiger partial charge >= 0.3 is 0 Å². The lowest BCUT2D eigenvalue weighted by atomic mass is 9.75. The van der Waals surface area contributed by atoms with Crippen LogP contribution in [0.5, 0.6) is 0 Å². The van der Waals surface area contributed by atoms with Gasteiger partial charge in [-0.25, -0.2) is 0 Å². The average Bonchev–Trinajstić information content (AvgIpc) is 2.28. The highest BCUT2D eigenvalue weighted by Gasteiger charge is 2.27. The van der Waals surface area contributed by atoms with Gasteiger partial charge in [-0.1, -0.05) is 26.3 Å². The van der Waals surface area contributed by atoms with Crippen molar-refractivity contribution in [3.63, 3.8) is 0 Å². The molecule has 2 rings (SSSR count). The van der Waals surface area contributed by atoms with Crippen LogP contribution in [0.4, 0.5) is 5.69 Å². The maximum atomic E-state index is 11.1. The van der Waals surface area contributed by atoms with E-state index in [-0.39, 0.29) is 5.91 Å². The summed E-state index contributed by atoms with van der Waals surface area (Å²) in [6, 6.07) is 7.95. The molecule has 3 heteroatoms. The second kappa shape index (κ2) is 5.01. The van der Waals surface area contributed by atoms with Crippen LogP contribution < -0.4 is 11.1 Å². The summed E-state index contributed by atoms with van der Waals surface area (Å²) in [5, 5.41) is 3.52. The first-order chi connectivity index (χ1) is 8.46. The molecule has 1 aromatic rings. The molecule has 3 nitrogen and oxygen atoms in total. The Bertz CT molecular complexity index is 440. The Balaban J connectivity index is 2.05. The van der Waals surface area contributed by atoms with Gasteiger partial charge in [-0.3, -0.25) is 4.79 Å². The molecule has 1 atom stereocenters. The molecule has 1 fully saturated rings. The van der Waals surface area contributed by atoms with Crippen LogP contribution in [0.3, 0.4) is 0 Å². The number of hydrogen-bond acceptors (Lipinski definition) is 2. The third-order valence-electron chi connectivity index (χ3n) is 3.72. The Labute approximate surface area is 109 Å². The minimum absolute atomic E-state index is 0.373. The topological polar surface area (TPSA) is 55.1 Å². The van der Waals surface area contributed by atoms with Crippen LogP contribution in [0, 0.1) is 5.41 Å². The monoisotopic (exact) mass is 246 g/mol. The number of anilines is 1. The van der Waals surface area contributed by atoms with Gasteiger partial charge in [0, 0.05) is 17.3 Å². The lowest BCUT2D eigenvalue weighted by Gasteiger charge is -2.36. The maximum absolute atomic E-state index is 11.1. The van der Waals surface area contributed by atoms with Crippen molar-refractivity contribution in [2.24, 2.45) is 11.1 Å². The van der Waals surface area contributed by atoms with Crippen LogP contribution >= 0.6 is 0 Å². The third kappa shape index (κ3) is 3.25. The summed E-state index contributed by atoms with van der Waals surface area (Å²) in [5.41, 5.74) is 7.27. The fourth-order valence-corrected chi connectivity index (χ4v) is 2.82. The Morgan fingerprint density at radius 1 is 1.44 bits per heavy atom. The van der Waals surface area contributed by atoms with Crippen molar-refractivity contribution in [2.45, 2.75) is 45.6 Å². The van der Waals surface area contributed by atoms with E-state index in [1.807, 2.05) is 18.2 Å². The predicted octanol–water partition coefficient (Wildman–Crippen LogP) is 3.17. The van der Waals surface area contributed by atoms with Crippen LogP contribution in [-0.4, -0.2) is 11.9 Å². The molecule has 1 saturated carbocycles. The number of carbonyl (C=O) groups excluding carboxylic acids is 1. The van der Waals surface area contributed by atoms with Gasteiger partial charge < -0.3 is 11.1 Å². The molecule has 0 spiro atoms. The van der Waals surface area contributed by atoms with E-state index in [9.17, 15) is 4.79 Å². The third-order valence-corrected chi connectivity index (χ3v) is 3.72. The number of rotatable bonds is 3. The second-order valence-corrected chi connectivity index (χ2v) is 6.05. The zero-order chi connectivity index (χ0) is 13.2. The summed E-state index contributed by atoms with van der Waals surface area (Å²) < 4.78 is 0. The highest BCUT2D eigenvalue weighted by molar-refractivity contribution is 5.93. The van der Waals surface area contributed by atoms with E-state index < -0.39 is 0 Å². The predicted molar refractivity (Wildman–Crippen MR) is 74.6 cm³/mol. The first-order valence-electron chi connectivity index (χ1n) is 6.63. The Morgan fingerprint density at radius 2 is 2.22 bits per heavy atom. The van der Waals surface area contributed by atoms with Crippen molar-refractivity contribution < 1.29 is 4.79 Å². The van der Waals surface area contributed by atoms with Gasteiger partial charge in [0.1, 0.15) is 0 Å². The summed E-state index contributed by atoms with van der Waals surface area (Å²) in [7, 11) is 0. The molecule has 98 valence electrons. The summed E-state index contributed by atoms with van der Waals surface area (Å²) in [4.78, 5) is 11.1. The SMILES string of the molecule is CC1(C)CCCC(Nc2cccc(C(N)=O)c2)C1. The lowest BCUT2D eigenvalue weighted by molar-refractivity contribution is 0.100. The first-order valence-corrected chi connectivity index (χ1v) is 6.63. The molecular formula is C15H22N2O. The molecule has 0 radical (unpaired) electrons. The number of nitrogens with one attached hydrogen (secondary N) is 1. The van der Waals surface area contributed by atoms with Crippen molar-refractivity contribution in [3.8, 4) is 0 Å². The first kappa shape index (κ1) is 12.9. The van der Waals surface area contributed by atoms with Gasteiger partial charge in [0.15, 0.2) is 0 Å². The lowest BCUT2D eigenvalue weighted by Crippen LogP contribution is -2.31. The molecule has 1 amide bonds. The van der Waals surface area contributed by atoms with E-state index >= 15 is 0 Å². The van der Waals surface area contributed by atoms with Gasteiger partial charge in [-0.15, -0.1) is 0 Å². The molecule has 0 heterocycles. The Morgan fingerprint density at radius 3 is 2.89 bits per heavy atom. The van der Waals surface area contributed by atoms with Crippen molar-refractivity contribution in [2.75, 3.05) is 5.32 Å². The molecule has 0 bridgehead atoms. The van der Waals surface area contributed by atoms with E-state index in [1.54, 1.807) is 6.07 Å². The van der Waals surface area contributed by atoms with Gasteiger partial charge in [-0.2, -0.15) is 0 Å². The fourth-order valence-electron chi connectivity index (χ4n) is 2.82. The number of carbonyl (C=O) groups is 1. The van der Waals surface area contributed by atoms with Gasteiger partial charge in [-0.05, 0) is 42.9 Å². The van der Waals surface area contributed by atoms with E-state index in [0.717, 1.165) is 5.69 Å². The van der Waals surface area contributed by atoms with Crippen LogP contribution in [-0.2, 0) is 0 Å². The molecule has 1 unspecified atom stereocenters. The van der Waals surface area contributed by atoms with E-state index in [2.05, 4.69) is 19.2 Å². The zero-order valence-corrected chi connectivity index (χ0v) is 11.2. The molecule has 0 aromatic heterocycles. The molecule has 1 aliphatic carbocycles. The molecule has 3 N–H and O–H groups in total. The van der Waals surface area contributed by atoms with E-state index in [4.69, 9.17) is 5.73 Å². The van der Waals surface area contributed by atoms with E-state index in [1.165, 1.54) is 25.7 Å². The number of primary amides is 1. The molecule has 0 saturated heterocycles. The van der Waals surface area contributed by atoms with Gasteiger partial charge in [0.05, 0.1) is 0 Å². The van der Waals surface area contributed by atoms with Crippen LogP contribution in [0.1, 0.15) is 49.9 Å². The van der Waals surface area contributed by atoms with Crippen molar-refractivity contribution >= 4 is 11.6 Å². The normalized spacial score (nSPS) is 22.4. The molecule has 1 aliphatic rings. The minimum atomic E-state index is -0.373.